The number of hydrogen-bond acceptors (Lipinski definition) is 7. The second kappa shape index (κ2) is 9.23. The largest absolute Gasteiger partial charge is 0.344 e. The number of imidazole rings is 1. The fourth-order valence-electron chi connectivity index (χ4n) is 2.95. The Morgan fingerprint density at radius 3 is 2.90 bits per heavy atom. The normalized spacial score (nSPS) is 11.0. The van der Waals surface area contributed by atoms with Crippen molar-refractivity contribution in [1.29, 1.82) is 5.41 Å². The lowest BCUT2D eigenvalue weighted by molar-refractivity contribution is -0.114. The van der Waals surface area contributed by atoms with Crippen molar-refractivity contribution in [1.82, 2.24) is 19.9 Å². The minimum atomic E-state index is -0.180. The number of amides is 1. The fraction of sp³-hybridized carbons (Fsp3) is 0.0909. The summed E-state index contributed by atoms with van der Waals surface area (Å²) in [7, 11) is 0. The molecule has 1 amide bonds. The van der Waals surface area contributed by atoms with Gasteiger partial charge in [-0.15, -0.1) is 11.3 Å². The van der Waals surface area contributed by atoms with Crippen molar-refractivity contribution in [2.24, 2.45) is 4.99 Å². The Labute approximate surface area is 182 Å². The SMILES string of the molecule is CC(=O)Nc1cc(-c2nc(-c3cccc(N=CCC=N)c3)c(-c3ncc[nH]3)s2)ccn1. The molecule has 154 valence electrons. The Kier molecular flexibility index (Phi) is 6.04. The van der Waals surface area contributed by atoms with Crippen LogP contribution in [-0.4, -0.2) is 38.3 Å². The molecular formula is C22H19N7OS. The van der Waals surface area contributed by atoms with Crippen LogP contribution in [0, 0.1) is 5.41 Å². The lowest BCUT2D eigenvalue weighted by Gasteiger charge is -2.03. The summed E-state index contributed by atoms with van der Waals surface area (Å²) in [5, 5.41) is 10.6. The molecule has 4 rings (SSSR count). The van der Waals surface area contributed by atoms with E-state index in [1.807, 2.05) is 30.3 Å². The number of carbonyl (C=O) groups excluding carboxylic acids is 1. The summed E-state index contributed by atoms with van der Waals surface area (Å²) in [5.41, 5.74) is 3.34. The van der Waals surface area contributed by atoms with Gasteiger partial charge in [-0.2, -0.15) is 0 Å². The van der Waals surface area contributed by atoms with Gasteiger partial charge in [-0.1, -0.05) is 12.1 Å². The summed E-state index contributed by atoms with van der Waals surface area (Å²) in [5.74, 6) is 1.03. The van der Waals surface area contributed by atoms with Gasteiger partial charge >= 0.3 is 0 Å². The van der Waals surface area contributed by atoms with Crippen LogP contribution in [0.25, 0.3) is 32.5 Å². The number of thiazole rings is 1. The number of nitrogens with one attached hydrogen (secondary N) is 3. The van der Waals surface area contributed by atoms with E-state index >= 15 is 0 Å². The van der Waals surface area contributed by atoms with Crippen molar-refractivity contribution < 1.29 is 4.79 Å². The van der Waals surface area contributed by atoms with E-state index in [4.69, 9.17) is 10.4 Å². The lowest BCUT2D eigenvalue weighted by atomic mass is 10.1. The van der Waals surface area contributed by atoms with Gasteiger partial charge in [-0.05, 0) is 24.3 Å². The minimum Gasteiger partial charge on any atom is -0.344 e. The molecule has 1 aromatic carbocycles. The molecule has 0 radical (unpaired) electrons. The van der Waals surface area contributed by atoms with Crippen molar-refractivity contribution in [3.8, 4) is 32.5 Å². The van der Waals surface area contributed by atoms with Crippen LogP contribution < -0.4 is 5.32 Å². The minimum absolute atomic E-state index is 0.180. The van der Waals surface area contributed by atoms with Crippen molar-refractivity contribution in [3.63, 3.8) is 0 Å². The van der Waals surface area contributed by atoms with E-state index < -0.39 is 0 Å². The Morgan fingerprint density at radius 1 is 1.23 bits per heavy atom. The highest BCUT2D eigenvalue weighted by Crippen LogP contribution is 2.40. The fourth-order valence-corrected chi connectivity index (χ4v) is 3.99. The molecule has 0 aliphatic rings. The highest BCUT2D eigenvalue weighted by molar-refractivity contribution is 7.18. The number of anilines is 1. The van der Waals surface area contributed by atoms with E-state index in [2.05, 4.69) is 25.3 Å². The summed E-state index contributed by atoms with van der Waals surface area (Å²) in [6, 6.07) is 11.4. The summed E-state index contributed by atoms with van der Waals surface area (Å²) < 4.78 is 0. The monoisotopic (exact) mass is 429 g/mol. The molecule has 0 spiro atoms. The first-order chi connectivity index (χ1) is 15.1. The Hall–Kier alpha value is -3.98. The number of hydrogen-bond donors (Lipinski definition) is 3. The van der Waals surface area contributed by atoms with Crippen LogP contribution in [-0.2, 0) is 4.79 Å². The van der Waals surface area contributed by atoms with Crippen LogP contribution in [0.1, 0.15) is 13.3 Å². The average Bonchev–Trinajstić information content (AvgIpc) is 3.44. The number of pyridine rings is 1. The molecule has 0 aliphatic heterocycles. The number of nitrogens with zero attached hydrogens (tertiary/aromatic N) is 4. The molecule has 0 bridgehead atoms. The molecule has 0 saturated carbocycles. The first-order valence-electron chi connectivity index (χ1n) is 9.50. The Balaban J connectivity index is 1.79. The molecular weight excluding hydrogens is 410 g/mol. The average molecular weight is 430 g/mol. The van der Waals surface area contributed by atoms with Gasteiger partial charge in [0, 0.05) is 55.5 Å². The van der Waals surface area contributed by atoms with Crippen molar-refractivity contribution >= 4 is 41.2 Å². The highest BCUT2D eigenvalue weighted by Gasteiger charge is 2.18. The molecule has 8 nitrogen and oxygen atoms in total. The van der Waals surface area contributed by atoms with Crippen LogP contribution in [0.3, 0.4) is 0 Å². The maximum Gasteiger partial charge on any atom is 0.222 e. The molecule has 31 heavy (non-hydrogen) atoms. The summed E-state index contributed by atoms with van der Waals surface area (Å²) in [4.78, 5) is 33.3. The van der Waals surface area contributed by atoms with Gasteiger partial charge in [0.2, 0.25) is 5.91 Å². The number of benzene rings is 1. The third-order valence-electron chi connectivity index (χ3n) is 4.23. The Bertz CT molecular complexity index is 1240. The molecule has 3 heterocycles. The number of carbonyl (C=O) groups is 1. The number of H-pyrrole nitrogens is 1. The third kappa shape index (κ3) is 4.78. The zero-order chi connectivity index (χ0) is 21.6. The third-order valence-corrected chi connectivity index (χ3v) is 5.35. The van der Waals surface area contributed by atoms with Crippen molar-refractivity contribution in [2.45, 2.75) is 13.3 Å². The van der Waals surface area contributed by atoms with E-state index in [1.165, 1.54) is 24.5 Å². The molecule has 9 heteroatoms. The van der Waals surface area contributed by atoms with Crippen LogP contribution in [0.4, 0.5) is 11.5 Å². The molecule has 3 N–H and O–H groups in total. The lowest BCUT2D eigenvalue weighted by Crippen LogP contribution is -2.07. The first kappa shape index (κ1) is 20.3. The summed E-state index contributed by atoms with van der Waals surface area (Å²) in [6.45, 7) is 1.45. The maximum atomic E-state index is 11.4. The molecule has 0 saturated heterocycles. The molecule has 3 aromatic heterocycles. The second-order valence-corrected chi connectivity index (χ2v) is 7.55. The highest BCUT2D eigenvalue weighted by atomic mass is 32.1. The zero-order valence-corrected chi connectivity index (χ0v) is 17.5. The van der Waals surface area contributed by atoms with Gasteiger partial charge in [0.25, 0.3) is 0 Å². The predicted molar refractivity (Wildman–Crippen MR) is 124 cm³/mol. The van der Waals surface area contributed by atoms with Gasteiger partial charge in [-0.3, -0.25) is 9.79 Å². The second-order valence-electron chi connectivity index (χ2n) is 6.55. The smallest absolute Gasteiger partial charge is 0.222 e. The van der Waals surface area contributed by atoms with Crippen molar-refractivity contribution in [3.05, 3.63) is 55.0 Å². The topological polar surface area (TPSA) is 120 Å². The van der Waals surface area contributed by atoms with Gasteiger partial charge < -0.3 is 15.7 Å². The van der Waals surface area contributed by atoms with E-state index in [1.54, 1.807) is 30.9 Å². The standard InChI is InChI=1S/C22H19N7OS/c1-14(30)28-18-13-16(6-9-25-18)22-29-19(20(31-22)21-26-10-11-27-21)15-4-2-5-17(12-15)24-8-3-7-23/h2,4-13,23H,3H2,1H3,(H,26,27)(H,25,28,30). The Morgan fingerprint density at radius 2 is 2.13 bits per heavy atom. The number of aromatic amines is 1. The predicted octanol–water partition coefficient (Wildman–Crippen LogP) is 4.96. The van der Waals surface area contributed by atoms with Gasteiger partial charge in [0.05, 0.1) is 16.3 Å². The molecule has 0 atom stereocenters. The quantitative estimate of drug-likeness (QED) is 0.360. The van der Waals surface area contributed by atoms with Crippen LogP contribution >= 0.6 is 11.3 Å². The van der Waals surface area contributed by atoms with Gasteiger partial charge in [0.1, 0.15) is 16.6 Å². The van der Waals surface area contributed by atoms with Crippen LogP contribution in [0.2, 0.25) is 0 Å². The van der Waals surface area contributed by atoms with E-state index in [0.29, 0.717) is 12.2 Å². The van der Waals surface area contributed by atoms with E-state index in [0.717, 1.165) is 38.2 Å². The van der Waals surface area contributed by atoms with E-state index in [-0.39, 0.29) is 5.91 Å². The zero-order valence-electron chi connectivity index (χ0n) is 16.7. The molecule has 4 aromatic rings. The summed E-state index contributed by atoms with van der Waals surface area (Å²) in [6.07, 6.45) is 8.62. The van der Waals surface area contributed by atoms with Crippen LogP contribution in [0.15, 0.2) is 60.0 Å². The maximum absolute atomic E-state index is 11.4. The number of aromatic nitrogens is 4. The van der Waals surface area contributed by atoms with Crippen molar-refractivity contribution in [2.75, 3.05) is 5.32 Å². The van der Waals surface area contributed by atoms with Crippen LogP contribution in [0.5, 0.6) is 0 Å². The van der Waals surface area contributed by atoms with Gasteiger partial charge in [0.15, 0.2) is 0 Å². The number of aliphatic imine (C=N–C) groups is 1. The van der Waals surface area contributed by atoms with Gasteiger partial charge in [-0.25, -0.2) is 15.0 Å². The molecule has 0 aliphatic carbocycles. The molecule has 0 unspecified atom stereocenters. The first-order valence-corrected chi connectivity index (χ1v) is 10.3. The number of rotatable bonds is 7. The molecule has 0 fully saturated rings. The summed E-state index contributed by atoms with van der Waals surface area (Å²) >= 11 is 1.51. The van der Waals surface area contributed by atoms with E-state index in [9.17, 15) is 4.79 Å².